The highest BCUT2D eigenvalue weighted by atomic mass is 19.1. The van der Waals surface area contributed by atoms with E-state index in [0.29, 0.717) is 31.5 Å². The van der Waals surface area contributed by atoms with Gasteiger partial charge >= 0.3 is 0 Å². The van der Waals surface area contributed by atoms with E-state index in [4.69, 9.17) is 4.74 Å². The van der Waals surface area contributed by atoms with E-state index in [2.05, 4.69) is 6.92 Å². The molecule has 0 radical (unpaired) electrons. The highest BCUT2D eigenvalue weighted by molar-refractivity contribution is 5.89. The lowest BCUT2D eigenvalue weighted by atomic mass is 9.63. The van der Waals surface area contributed by atoms with Crippen molar-refractivity contribution in [2.45, 2.75) is 63.4 Å². The summed E-state index contributed by atoms with van der Waals surface area (Å²) in [6.07, 6.45) is 6.07. The van der Waals surface area contributed by atoms with E-state index in [1.165, 1.54) is 12.1 Å². The van der Waals surface area contributed by atoms with Crippen LogP contribution in [0.1, 0.15) is 57.4 Å². The summed E-state index contributed by atoms with van der Waals surface area (Å²) in [6, 6.07) is 3.59. The van der Waals surface area contributed by atoms with Crippen molar-refractivity contribution < 1.29 is 18.3 Å². The van der Waals surface area contributed by atoms with Gasteiger partial charge in [-0.05, 0) is 44.6 Å². The molecule has 25 heavy (non-hydrogen) atoms. The Hall–Kier alpha value is -1.49. The van der Waals surface area contributed by atoms with Crippen LogP contribution in [0.25, 0.3) is 0 Å². The van der Waals surface area contributed by atoms with E-state index in [-0.39, 0.29) is 12.0 Å². The Kier molecular flexibility index (Phi) is 5.72. The van der Waals surface area contributed by atoms with Gasteiger partial charge in [-0.15, -0.1) is 0 Å². The summed E-state index contributed by atoms with van der Waals surface area (Å²) in [5, 5.41) is 0. The fraction of sp³-hybridized carbons (Fsp3) is 0.650. The normalized spacial score (nSPS) is 23.0. The van der Waals surface area contributed by atoms with Gasteiger partial charge in [0.1, 0.15) is 11.6 Å². The van der Waals surface area contributed by atoms with Crippen molar-refractivity contribution in [3.05, 3.63) is 35.4 Å². The molecule has 0 aromatic heterocycles. The van der Waals surface area contributed by atoms with Gasteiger partial charge in [0.2, 0.25) is 5.91 Å². The largest absolute Gasteiger partial charge is 0.378 e. The summed E-state index contributed by atoms with van der Waals surface area (Å²) >= 11 is 0. The minimum absolute atomic E-state index is 0.000370. The van der Waals surface area contributed by atoms with E-state index < -0.39 is 17.0 Å². The van der Waals surface area contributed by atoms with Crippen molar-refractivity contribution in [1.82, 2.24) is 4.90 Å². The summed E-state index contributed by atoms with van der Waals surface area (Å²) in [4.78, 5) is 15.1. The first-order chi connectivity index (χ1) is 12.1. The molecule has 3 nitrogen and oxygen atoms in total. The molecule has 1 aromatic rings. The Bertz CT molecular complexity index is 616. The molecule has 5 heteroatoms. The van der Waals surface area contributed by atoms with Crippen molar-refractivity contribution in [1.29, 1.82) is 0 Å². The quantitative estimate of drug-likeness (QED) is 0.796. The van der Waals surface area contributed by atoms with E-state index in [9.17, 15) is 13.6 Å². The zero-order chi connectivity index (χ0) is 17.9. The third-order valence-corrected chi connectivity index (χ3v) is 5.58. The molecule has 1 amide bonds. The molecular weight excluding hydrogens is 324 g/mol. The SMILES string of the molecule is CCCOC1CCCN(C(=O)C2(c3ccc(F)cc3F)CCC2)CC1. The van der Waals surface area contributed by atoms with Gasteiger partial charge in [0.15, 0.2) is 0 Å². The Morgan fingerprint density at radius 3 is 2.68 bits per heavy atom. The van der Waals surface area contributed by atoms with Crippen LogP contribution in [-0.4, -0.2) is 36.6 Å². The summed E-state index contributed by atoms with van der Waals surface area (Å²) in [6.45, 7) is 4.18. The molecule has 1 aliphatic carbocycles. The highest BCUT2D eigenvalue weighted by Crippen LogP contribution is 2.46. The molecule has 2 aliphatic rings. The molecule has 0 N–H and O–H groups in total. The Balaban J connectivity index is 1.74. The lowest BCUT2D eigenvalue weighted by Gasteiger charge is -2.44. The molecular formula is C20H27F2NO2. The number of hydrogen-bond donors (Lipinski definition) is 0. The summed E-state index contributed by atoms with van der Waals surface area (Å²) in [7, 11) is 0. The number of halogens is 2. The maximum Gasteiger partial charge on any atom is 0.233 e. The number of rotatable bonds is 5. The molecule has 1 aromatic carbocycles. The van der Waals surface area contributed by atoms with Crippen LogP contribution in [0.3, 0.4) is 0 Å². The third-order valence-electron chi connectivity index (χ3n) is 5.58. The summed E-state index contributed by atoms with van der Waals surface area (Å²) in [5.74, 6) is -1.21. The van der Waals surface area contributed by atoms with Gasteiger partial charge in [0, 0.05) is 31.3 Å². The molecule has 0 bridgehead atoms. The molecule has 2 fully saturated rings. The number of hydrogen-bond acceptors (Lipinski definition) is 2. The van der Waals surface area contributed by atoms with Gasteiger partial charge in [-0.25, -0.2) is 8.78 Å². The number of carbonyl (C=O) groups is 1. The molecule has 1 aliphatic heterocycles. The van der Waals surface area contributed by atoms with Crippen LogP contribution in [-0.2, 0) is 14.9 Å². The van der Waals surface area contributed by atoms with Crippen molar-refractivity contribution in [2.24, 2.45) is 0 Å². The summed E-state index contributed by atoms with van der Waals surface area (Å²) in [5.41, 5.74) is -0.449. The minimum atomic E-state index is -0.804. The monoisotopic (exact) mass is 351 g/mol. The van der Waals surface area contributed by atoms with Crippen molar-refractivity contribution in [3.63, 3.8) is 0 Å². The molecule has 0 spiro atoms. The molecule has 1 saturated heterocycles. The van der Waals surface area contributed by atoms with E-state index >= 15 is 0 Å². The fourth-order valence-corrected chi connectivity index (χ4v) is 4.03. The second kappa shape index (κ2) is 7.81. The van der Waals surface area contributed by atoms with Gasteiger partial charge < -0.3 is 9.64 Å². The Labute approximate surface area is 148 Å². The number of carbonyl (C=O) groups excluding carboxylic acids is 1. The maximum absolute atomic E-state index is 14.3. The van der Waals surface area contributed by atoms with Crippen LogP contribution in [0.15, 0.2) is 18.2 Å². The van der Waals surface area contributed by atoms with E-state index in [0.717, 1.165) is 44.8 Å². The second-order valence-electron chi connectivity index (χ2n) is 7.28. The van der Waals surface area contributed by atoms with Crippen molar-refractivity contribution >= 4 is 5.91 Å². The van der Waals surface area contributed by atoms with Crippen LogP contribution in [0.4, 0.5) is 8.78 Å². The van der Waals surface area contributed by atoms with Crippen molar-refractivity contribution in [3.8, 4) is 0 Å². The second-order valence-corrected chi connectivity index (χ2v) is 7.28. The van der Waals surface area contributed by atoms with Crippen LogP contribution in [0.2, 0.25) is 0 Å². The Morgan fingerprint density at radius 2 is 2.04 bits per heavy atom. The predicted octanol–water partition coefficient (Wildman–Crippen LogP) is 4.19. The smallest absolute Gasteiger partial charge is 0.233 e. The van der Waals surface area contributed by atoms with Crippen LogP contribution >= 0.6 is 0 Å². The van der Waals surface area contributed by atoms with E-state index in [1.54, 1.807) is 0 Å². The highest BCUT2D eigenvalue weighted by Gasteiger charge is 2.49. The lowest BCUT2D eigenvalue weighted by Crippen LogP contribution is -2.51. The zero-order valence-corrected chi connectivity index (χ0v) is 14.9. The van der Waals surface area contributed by atoms with Crippen LogP contribution in [0, 0.1) is 11.6 Å². The molecule has 1 saturated carbocycles. The average molecular weight is 351 g/mol. The van der Waals surface area contributed by atoms with Gasteiger partial charge in [0.25, 0.3) is 0 Å². The molecule has 1 atom stereocenters. The van der Waals surface area contributed by atoms with E-state index in [1.807, 2.05) is 4.90 Å². The minimum Gasteiger partial charge on any atom is -0.378 e. The number of likely N-dealkylation sites (tertiary alicyclic amines) is 1. The Morgan fingerprint density at radius 1 is 1.24 bits per heavy atom. The number of benzene rings is 1. The molecule has 1 unspecified atom stereocenters. The molecule has 1 heterocycles. The topological polar surface area (TPSA) is 29.5 Å². The number of amides is 1. The number of nitrogens with zero attached hydrogens (tertiary/aromatic N) is 1. The van der Waals surface area contributed by atoms with Crippen LogP contribution < -0.4 is 0 Å². The fourth-order valence-electron chi connectivity index (χ4n) is 4.03. The van der Waals surface area contributed by atoms with Crippen molar-refractivity contribution in [2.75, 3.05) is 19.7 Å². The van der Waals surface area contributed by atoms with Gasteiger partial charge in [-0.1, -0.05) is 19.4 Å². The van der Waals surface area contributed by atoms with Crippen LogP contribution in [0.5, 0.6) is 0 Å². The molecule has 138 valence electrons. The number of ether oxygens (including phenoxy) is 1. The zero-order valence-electron chi connectivity index (χ0n) is 14.9. The lowest BCUT2D eigenvalue weighted by molar-refractivity contribution is -0.141. The van der Waals surface area contributed by atoms with Gasteiger partial charge in [-0.2, -0.15) is 0 Å². The first kappa shape index (κ1) is 18.3. The first-order valence-electron chi connectivity index (χ1n) is 9.43. The third kappa shape index (κ3) is 3.71. The first-order valence-corrected chi connectivity index (χ1v) is 9.43. The molecule has 3 rings (SSSR count). The standard InChI is InChI=1S/C20H27F2NO2/c1-2-13-25-16-5-3-11-23(12-8-16)19(24)20(9-4-10-20)17-7-6-15(21)14-18(17)22/h6-7,14,16H,2-5,8-13H2,1H3. The summed E-state index contributed by atoms with van der Waals surface area (Å²) < 4.78 is 33.5. The maximum atomic E-state index is 14.3. The van der Waals surface area contributed by atoms with Gasteiger partial charge in [-0.3, -0.25) is 4.79 Å². The van der Waals surface area contributed by atoms with Gasteiger partial charge in [0.05, 0.1) is 11.5 Å². The predicted molar refractivity (Wildman–Crippen MR) is 92.3 cm³/mol. The average Bonchev–Trinajstić information content (AvgIpc) is 2.79.